The average molecular weight is 339 g/mol. The lowest BCUT2D eigenvalue weighted by molar-refractivity contribution is -0.384. The van der Waals surface area contributed by atoms with Crippen molar-refractivity contribution in [3.05, 3.63) is 20.5 Å². The van der Waals surface area contributed by atoms with E-state index in [9.17, 15) is 18.5 Å². The van der Waals surface area contributed by atoms with Crippen LogP contribution in [0.5, 0.6) is 0 Å². The summed E-state index contributed by atoms with van der Waals surface area (Å²) in [6, 6.07) is 1.05. The first kappa shape index (κ1) is 15.7. The first-order valence-electron chi connectivity index (χ1n) is 6.30. The van der Waals surface area contributed by atoms with Gasteiger partial charge in [-0.3, -0.25) is 10.1 Å². The summed E-state index contributed by atoms with van der Waals surface area (Å²) < 4.78 is 26.1. The zero-order chi connectivity index (χ0) is 14.9. The molecule has 1 fully saturated rings. The molecule has 0 atom stereocenters. The van der Waals surface area contributed by atoms with E-state index < -0.39 is 14.9 Å². The maximum Gasteiger partial charge on any atom is 0.300 e. The minimum Gasteiger partial charge on any atom is -0.258 e. The summed E-state index contributed by atoms with van der Waals surface area (Å²) in [5, 5.41) is 10.7. The van der Waals surface area contributed by atoms with Gasteiger partial charge in [-0.1, -0.05) is 24.9 Å². The predicted molar refractivity (Wildman–Crippen MR) is 77.8 cm³/mol. The molecule has 0 spiro atoms. The summed E-state index contributed by atoms with van der Waals surface area (Å²) in [7, 11) is -3.67. The number of nitro groups is 1. The molecule has 2 heterocycles. The Morgan fingerprint density at radius 1 is 1.50 bits per heavy atom. The number of rotatable bonds is 4. The maximum absolute atomic E-state index is 12.4. The largest absolute Gasteiger partial charge is 0.300 e. The Hall–Kier alpha value is -0.700. The molecule has 1 aliphatic rings. The Morgan fingerprint density at radius 2 is 2.10 bits per heavy atom. The third-order valence-corrected chi connectivity index (χ3v) is 7.27. The number of sulfonamides is 1. The van der Waals surface area contributed by atoms with Crippen molar-refractivity contribution in [2.45, 2.75) is 30.4 Å². The van der Waals surface area contributed by atoms with Gasteiger partial charge in [0.1, 0.15) is 4.21 Å². The monoisotopic (exact) mass is 338 g/mol. The van der Waals surface area contributed by atoms with Crippen LogP contribution in [0.2, 0.25) is 4.34 Å². The van der Waals surface area contributed by atoms with Gasteiger partial charge >= 0.3 is 0 Å². The second kappa shape index (κ2) is 5.97. The van der Waals surface area contributed by atoms with Gasteiger partial charge in [-0.25, -0.2) is 8.42 Å². The van der Waals surface area contributed by atoms with Gasteiger partial charge in [-0.15, -0.1) is 11.3 Å². The van der Waals surface area contributed by atoms with Crippen LogP contribution in [0.15, 0.2) is 10.3 Å². The van der Waals surface area contributed by atoms with E-state index in [1.165, 1.54) is 4.31 Å². The Bertz CT molecular complexity index is 606. The number of halogens is 1. The van der Waals surface area contributed by atoms with Crippen LogP contribution in [0, 0.1) is 16.0 Å². The fourth-order valence-electron chi connectivity index (χ4n) is 2.28. The molecule has 6 nitrogen and oxygen atoms in total. The second-order valence-corrected chi connectivity index (χ2v) is 8.56. The summed E-state index contributed by atoms with van der Waals surface area (Å²) in [6.07, 6.45) is 2.71. The van der Waals surface area contributed by atoms with Gasteiger partial charge in [0.25, 0.3) is 15.7 Å². The summed E-state index contributed by atoms with van der Waals surface area (Å²) >= 11 is 6.47. The highest BCUT2D eigenvalue weighted by Gasteiger charge is 2.32. The van der Waals surface area contributed by atoms with Crippen LogP contribution in [0.25, 0.3) is 0 Å². The van der Waals surface area contributed by atoms with Crippen LogP contribution >= 0.6 is 22.9 Å². The topological polar surface area (TPSA) is 80.5 Å². The van der Waals surface area contributed by atoms with E-state index in [4.69, 9.17) is 11.6 Å². The number of piperidine rings is 1. The summed E-state index contributed by atoms with van der Waals surface area (Å²) in [5.74, 6) is 0.558. The molecule has 20 heavy (non-hydrogen) atoms. The van der Waals surface area contributed by atoms with Gasteiger partial charge in [-0.05, 0) is 18.8 Å². The molecule has 0 saturated carbocycles. The van der Waals surface area contributed by atoms with E-state index in [1.807, 2.05) is 0 Å². The zero-order valence-corrected chi connectivity index (χ0v) is 13.3. The molecular weight excluding hydrogens is 324 g/mol. The van der Waals surface area contributed by atoms with E-state index in [2.05, 4.69) is 6.92 Å². The molecule has 0 bridgehead atoms. The van der Waals surface area contributed by atoms with Crippen molar-refractivity contribution in [2.75, 3.05) is 13.1 Å². The van der Waals surface area contributed by atoms with Crippen LogP contribution in [0.4, 0.5) is 5.69 Å². The molecule has 112 valence electrons. The fourth-order valence-corrected chi connectivity index (χ4v) is 5.56. The van der Waals surface area contributed by atoms with Crippen molar-refractivity contribution in [3.63, 3.8) is 0 Å². The smallest absolute Gasteiger partial charge is 0.258 e. The molecule has 0 amide bonds. The summed E-state index contributed by atoms with van der Waals surface area (Å²) in [5.41, 5.74) is -0.348. The van der Waals surface area contributed by atoms with Gasteiger partial charge in [-0.2, -0.15) is 4.31 Å². The Morgan fingerprint density at radius 3 is 2.55 bits per heavy atom. The van der Waals surface area contributed by atoms with Crippen molar-refractivity contribution in [1.82, 2.24) is 4.31 Å². The molecule has 1 aromatic rings. The zero-order valence-electron chi connectivity index (χ0n) is 10.9. The molecule has 0 N–H and O–H groups in total. The highest BCUT2D eigenvalue weighted by atomic mass is 35.5. The Balaban J connectivity index is 2.23. The lowest BCUT2D eigenvalue weighted by Gasteiger charge is -2.30. The molecule has 0 unspecified atom stereocenters. The minimum atomic E-state index is -3.67. The molecule has 2 rings (SSSR count). The highest BCUT2D eigenvalue weighted by molar-refractivity contribution is 7.91. The van der Waals surface area contributed by atoms with Gasteiger partial charge in [0.15, 0.2) is 4.34 Å². The molecule has 0 aromatic carbocycles. The summed E-state index contributed by atoms with van der Waals surface area (Å²) in [4.78, 5) is 10.1. The number of nitrogens with zero attached hydrogens (tertiary/aromatic N) is 2. The highest BCUT2D eigenvalue weighted by Crippen LogP contribution is 2.38. The van der Waals surface area contributed by atoms with Crippen molar-refractivity contribution in [1.29, 1.82) is 0 Å². The van der Waals surface area contributed by atoms with Crippen LogP contribution in [0.3, 0.4) is 0 Å². The van der Waals surface area contributed by atoms with E-state index in [-0.39, 0.29) is 14.2 Å². The van der Waals surface area contributed by atoms with Crippen LogP contribution in [0.1, 0.15) is 26.2 Å². The first-order chi connectivity index (χ1) is 9.36. The van der Waals surface area contributed by atoms with Gasteiger partial charge < -0.3 is 0 Å². The molecule has 1 aliphatic heterocycles. The quantitative estimate of drug-likeness (QED) is 0.624. The van der Waals surface area contributed by atoms with Gasteiger partial charge in [0.2, 0.25) is 0 Å². The molecule has 0 radical (unpaired) electrons. The lowest BCUT2D eigenvalue weighted by Crippen LogP contribution is -2.37. The third-order valence-electron chi connectivity index (χ3n) is 3.59. The van der Waals surface area contributed by atoms with E-state index in [0.717, 1.165) is 36.7 Å². The van der Waals surface area contributed by atoms with Crippen molar-refractivity contribution < 1.29 is 13.3 Å². The number of thiophene rings is 1. The normalized spacial score (nSPS) is 18.3. The molecule has 1 saturated heterocycles. The Kier molecular flexibility index (Phi) is 4.68. The average Bonchev–Trinajstić information content (AvgIpc) is 2.82. The lowest BCUT2D eigenvalue weighted by atomic mass is 9.96. The fraction of sp³-hybridized carbons (Fsp3) is 0.636. The van der Waals surface area contributed by atoms with Crippen LogP contribution in [-0.2, 0) is 10.0 Å². The van der Waals surface area contributed by atoms with E-state index in [0.29, 0.717) is 19.0 Å². The number of hydrogen-bond donors (Lipinski definition) is 0. The standard InChI is InChI=1S/C11H15ClN2O4S2/c1-2-8-3-5-13(6-4-8)20(17,18)10-7-9(14(15)16)11(12)19-10/h7-8H,2-6H2,1H3. The van der Waals surface area contributed by atoms with Gasteiger partial charge in [0, 0.05) is 19.2 Å². The van der Waals surface area contributed by atoms with E-state index in [1.54, 1.807) is 0 Å². The SMILES string of the molecule is CCC1CCN(S(=O)(=O)c2cc([N+](=O)[O-])c(Cl)s2)CC1. The van der Waals surface area contributed by atoms with Gasteiger partial charge in [0.05, 0.1) is 4.92 Å². The van der Waals surface area contributed by atoms with Crippen LogP contribution in [-0.4, -0.2) is 30.7 Å². The van der Waals surface area contributed by atoms with Crippen molar-refractivity contribution >= 4 is 38.6 Å². The van der Waals surface area contributed by atoms with Crippen molar-refractivity contribution in [2.24, 2.45) is 5.92 Å². The van der Waals surface area contributed by atoms with E-state index >= 15 is 0 Å². The summed E-state index contributed by atoms with van der Waals surface area (Å²) in [6.45, 7) is 3.02. The van der Waals surface area contributed by atoms with Crippen LogP contribution < -0.4 is 0 Å². The molecule has 9 heteroatoms. The number of hydrogen-bond acceptors (Lipinski definition) is 5. The second-order valence-electron chi connectivity index (χ2n) is 4.74. The minimum absolute atomic E-state index is 0.0517. The molecule has 1 aromatic heterocycles. The Labute approximate surface area is 126 Å². The molecule has 0 aliphatic carbocycles. The third kappa shape index (κ3) is 2.98. The molecular formula is C11H15ClN2O4S2. The first-order valence-corrected chi connectivity index (χ1v) is 8.93. The predicted octanol–water partition coefficient (Wildman–Crippen LogP) is 3.12. The van der Waals surface area contributed by atoms with Crippen molar-refractivity contribution in [3.8, 4) is 0 Å². The maximum atomic E-state index is 12.4.